The molecule has 4 nitrogen and oxygen atoms in total. The lowest BCUT2D eigenvalue weighted by molar-refractivity contribution is 0.134. The number of nitrogens with zero attached hydrogens (tertiary/aromatic N) is 1. The van der Waals surface area contributed by atoms with Gasteiger partial charge < -0.3 is 10.2 Å². The molecule has 0 aromatic heterocycles. The van der Waals surface area contributed by atoms with Crippen molar-refractivity contribution >= 4 is 5.84 Å². The van der Waals surface area contributed by atoms with Gasteiger partial charge in [-0.05, 0) is 30.0 Å². The highest BCUT2D eigenvalue weighted by atomic mass is 16.5. The molecule has 3 rings (SSSR count). The standard InChI is InChI=1S/C16H23N3O/c17-19-16(18-15-5-3-1-2-4-6-15)12-7-8-13-10-20-11-14(13)9-12/h7-9,15H,1-6,10-11,17H2,(H,18,19). The van der Waals surface area contributed by atoms with Gasteiger partial charge in [0.1, 0.15) is 5.84 Å². The minimum atomic E-state index is 0.410. The van der Waals surface area contributed by atoms with E-state index < -0.39 is 0 Å². The van der Waals surface area contributed by atoms with Crippen molar-refractivity contribution in [3.05, 3.63) is 34.9 Å². The van der Waals surface area contributed by atoms with Crippen LogP contribution in [0.25, 0.3) is 0 Å². The quantitative estimate of drug-likeness (QED) is 0.286. The maximum absolute atomic E-state index is 5.69. The zero-order chi connectivity index (χ0) is 13.8. The number of ether oxygens (including phenoxy) is 1. The van der Waals surface area contributed by atoms with E-state index in [0.29, 0.717) is 12.6 Å². The summed E-state index contributed by atoms with van der Waals surface area (Å²) in [5.74, 6) is 6.51. The second kappa shape index (κ2) is 6.37. The van der Waals surface area contributed by atoms with Gasteiger partial charge in [0, 0.05) is 5.56 Å². The highest BCUT2D eigenvalue weighted by Gasteiger charge is 2.15. The van der Waals surface area contributed by atoms with Crippen LogP contribution in [0.5, 0.6) is 0 Å². The summed E-state index contributed by atoms with van der Waals surface area (Å²) in [4.78, 5) is 4.85. The molecule has 108 valence electrons. The number of hydrogen-bond donors (Lipinski definition) is 2. The van der Waals surface area contributed by atoms with Crippen LogP contribution in [0.4, 0.5) is 0 Å². The summed E-state index contributed by atoms with van der Waals surface area (Å²) < 4.78 is 5.46. The van der Waals surface area contributed by atoms with Crippen molar-refractivity contribution in [1.82, 2.24) is 5.43 Å². The number of nitrogens with two attached hydrogens (primary N) is 1. The molecule has 1 saturated carbocycles. The molecule has 0 bridgehead atoms. The Hall–Kier alpha value is -1.39. The average Bonchev–Trinajstić information content (AvgIpc) is 2.79. The van der Waals surface area contributed by atoms with Crippen molar-refractivity contribution in [2.24, 2.45) is 10.8 Å². The normalized spacial score (nSPS) is 20.6. The first kappa shape index (κ1) is 13.6. The molecule has 0 saturated heterocycles. The molecule has 0 unspecified atom stereocenters. The summed E-state index contributed by atoms with van der Waals surface area (Å²) in [6.45, 7) is 1.42. The van der Waals surface area contributed by atoms with Gasteiger partial charge in [-0.15, -0.1) is 0 Å². The summed E-state index contributed by atoms with van der Waals surface area (Å²) in [6.07, 6.45) is 7.60. The van der Waals surface area contributed by atoms with Gasteiger partial charge in [0.05, 0.1) is 19.3 Å². The van der Waals surface area contributed by atoms with Crippen LogP contribution in [0.1, 0.15) is 55.2 Å². The van der Waals surface area contributed by atoms with Crippen molar-refractivity contribution in [3.8, 4) is 0 Å². The van der Waals surface area contributed by atoms with Crippen LogP contribution in [0.3, 0.4) is 0 Å². The average molecular weight is 273 g/mol. The van der Waals surface area contributed by atoms with E-state index in [1.54, 1.807) is 0 Å². The van der Waals surface area contributed by atoms with Gasteiger partial charge in [0.25, 0.3) is 0 Å². The minimum Gasteiger partial charge on any atom is -0.372 e. The Morgan fingerprint density at radius 2 is 1.85 bits per heavy atom. The van der Waals surface area contributed by atoms with Crippen molar-refractivity contribution < 1.29 is 4.74 Å². The molecule has 1 aromatic rings. The molecule has 1 fully saturated rings. The van der Waals surface area contributed by atoms with Gasteiger partial charge in [-0.25, -0.2) is 5.84 Å². The molecule has 0 amide bonds. The van der Waals surface area contributed by atoms with E-state index in [1.165, 1.54) is 49.7 Å². The van der Waals surface area contributed by atoms with E-state index in [-0.39, 0.29) is 0 Å². The molecule has 1 aliphatic heterocycles. The third-order valence-electron chi connectivity index (χ3n) is 4.27. The first-order valence-corrected chi connectivity index (χ1v) is 7.61. The number of nitrogens with one attached hydrogen (secondary N) is 1. The van der Waals surface area contributed by atoms with E-state index in [4.69, 9.17) is 15.6 Å². The van der Waals surface area contributed by atoms with E-state index >= 15 is 0 Å². The van der Waals surface area contributed by atoms with Crippen molar-refractivity contribution in [2.75, 3.05) is 0 Å². The fourth-order valence-electron chi connectivity index (χ4n) is 3.08. The molecule has 2 aliphatic rings. The summed E-state index contributed by atoms with van der Waals surface area (Å²) in [7, 11) is 0. The molecule has 1 aliphatic carbocycles. The number of fused-ring (bicyclic) bond motifs is 1. The fourth-order valence-corrected chi connectivity index (χ4v) is 3.08. The van der Waals surface area contributed by atoms with Crippen LogP contribution in [-0.2, 0) is 18.0 Å². The molecule has 4 heteroatoms. The smallest absolute Gasteiger partial charge is 0.142 e. The Morgan fingerprint density at radius 1 is 1.10 bits per heavy atom. The van der Waals surface area contributed by atoms with E-state index in [9.17, 15) is 0 Å². The summed E-state index contributed by atoms with van der Waals surface area (Å²) >= 11 is 0. The van der Waals surface area contributed by atoms with E-state index in [0.717, 1.165) is 18.0 Å². The van der Waals surface area contributed by atoms with Crippen LogP contribution in [0.2, 0.25) is 0 Å². The Kier molecular flexibility index (Phi) is 4.33. The maximum atomic E-state index is 5.69. The number of aliphatic imine (C=N–C) groups is 1. The molecule has 1 heterocycles. The van der Waals surface area contributed by atoms with Gasteiger partial charge in [-0.2, -0.15) is 0 Å². The first-order valence-electron chi connectivity index (χ1n) is 7.61. The van der Waals surface area contributed by atoms with E-state index in [1.807, 2.05) is 0 Å². The molecule has 20 heavy (non-hydrogen) atoms. The van der Waals surface area contributed by atoms with Crippen molar-refractivity contribution in [3.63, 3.8) is 0 Å². The fraction of sp³-hybridized carbons (Fsp3) is 0.562. The second-order valence-electron chi connectivity index (χ2n) is 5.74. The molecule has 0 spiro atoms. The van der Waals surface area contributed by atoms with Crippen molar-refractivity contribution in [1.29, 1.82) is 0 Å². The second-order valence-corrected chi connectivity index (χ2v) is 5.74. The number of amidine groups is 1. The lowest BCUT2D eigenvalue weighted by atomic mass is 10.1. The van der Waals surface area contributed by atoms with Gasteiger partial charge in [-0.1, -0.05) is 37.8 Å². The highest BCUT2D eigenvalue weighted by molar-refractivity contribution is 5.98. The molecular formula is C16H23N3O. The summed E-state index contributed by atoms with van der Waals surface area (Å²) in [6, 6.07) is 6.77. The monoisotopic (exact) mass is 273 g/mol. The van der Waals surface area contributed by atoms with Crippen LogP contribution in [0, 0.1) is 0 Å². The predicted octanol–water partition coefficient (Wildman–Crippen LogP) is 2.65. The Labute approximate surface area is 120 Å². The van der Waals surface area contributed by atoms with Gasteiger partial charge >= 0.3 is 0 Å². The van der Waals surface area contributed by atoms with Crippen LogP contribution >= 0.6 is 0 Å². The Balaban J connectivity index is 1.81. The zero-order valence-electron chi connectivity index (χ0n) is 11.9. The number of rotatable bonds is 2. The third-order valence-corrected chi connectivity index (χ3v) is 4.27. The molecular weight excluding hydrogens is 250 g/mol. The largest absolute Gasteiger partial charge is 0.372 e. The van der Waals surface area contributed by atoms with E-state index in [2.05, 4.69) is 23.6 Å². The van der Waals surface area contributed by atoms with Crippen molar-refractivity contribution in [2.45, 2.75) is 57.8 Å². The van der Waals surface area contributed by atoms with Crippen LogP contribution < -0.4 is 11.3 Å². The topological polar surface area (TPSA) is 59.6 Å². The minimum absolute atomic E-state index is 0.410. The Morgan fingerprint density at radius 3 is 2.60 bits per heavy atom. The molecule has 3 N–H and O–H groups in total. The maximum Gasteiger partial charge on any atom is 0.142 e. The lowest BCUT2D eigenvalue weighted by Gasteiger charge is -2.13. The molecule has 1 aromatic carbocycles. The molecule has 0 atom stereocenters. The number of hydrogen-bond acceptors (Lipinski definition) is 3. The summed E-state index contributed by atoms with van der Waals surface area (Å²) in [5.41, 5.74) is 6.39. The van der Waals surface area contributed by atoms with Crippen LogP contribution in [0.15, 0.2) is 23.2 Å². The third kappa shape index (κ3) is 3.02. The molecule has 0 radical (unpaired) electrons. The predicted molar refractivity (Wildman–Crippen MR) is 80.3 cm³/mol. The SMILES string of the molecule is NNC(=NC1CCCCCC1)c1ccc2c(c1)COC2. The van der Waals surface area contributed by atoms with Gasteiger partial charge in [0.15, 0.2) is 0 Å². The lowest BCUT2D eigenvalue weighted by Crippen LogP contribution is -2.32. The first-order chi connectivity index (χ1) is 9.86. The number of hydrazine groups is 1. The van der Waals surface area contributed by atoms with Gasteiger partial charge in [0.2, 0.25) is 0 Å². The van der Waals surface area contributed by atoms with Crippen LogP contribution in [-0.4, -0.2) is 11.9 Å². The zero-order valence-corrected chi connectivity index (χ0v) is 11.9. The Bertz CT molecular complexity index is 490. The number of benzene rings is 1. The highest BCUT2D eigenvalue weighted by Crippen LogP contribution is 2.23. The summed E-state index contributed by atoms with van der Waals surface area (Å²) in [5, 5.41) is 0. The van der Waals surface area contributed by atoms with Gasteiger partial charge in [-0.3, -0.25) is 4.99 Å².